The number of carbonyl (C=O) groups is 2. The molecule has 49 heavy (non-hydrogen) atoms. The summed E-state index contributed by atoms with van der Waals surface area (Å²) in [6.45, 7) is 3.32. The monoisotopic (exact) mass is 690 g/mol. The van der Waals surface area contributed by atoms with Crippen LogP contribution in [0.3, 0.4) is 0 Å². The minimum Gasteiger partial charge on any atom is -0.384 e. The second-order valence-corrected chi connectivity index (χ2v) is 12.7. The van der Waals surface area contributed by atoms with Crippen molar-refractivity contribution in [3.63, 3.8) is 0 Å². The number of nitrogen functional groups attached to an aromatic ring is 1. The molecule has 2 fully saturated rings. The predicted octanol–water partition coefficient (Wildman–Crippen LogP) is 6.47. The van der Waals surface area contributed by atoms with Crippen molar-refractivity contribution in [1.82, 2.24) is 20.1 Å². The van der Waals surface area contributed by atoms with E-state index in [4.69, 9.17) is 5.73 Å². The number of hydrogen-bond acceptors (Lipinski definition) is 6. The molecule has 1 unspecified atom stereocenters. The molecule has 3 N–H and O–H groups in total. The highest BCUT2D eigenvalue weighted by Crippen LogP contribution is 2.42. The quantitative estimate of drug-likeness (QED) is 0.177. The smallest absolute Gasteiger partial charge is 0.384 e. The number of nitrogens with one attached hydrogen (secondary N) is 1. The molecule has 0 bridgehead atoms. The molecule has 14 heteroatoms. The van der Waals surface area contributed by atoms with Crippen molar-refractivity contribution in [1.29, 1.82) is 0 Å². The van der Waals surface area contributed by atoms with Crippen LogP contribution in [-0.4, -0.2) is 58.4 Å². The van der Waals surface area contributed by atoms with E-state index in [1.807, 2.05) is 36.1 Å². The second-order valence-electron chi connectivity index (χ2n) is 12.7. The third-order valence-electron chi connectivity index (χ3n) is 9.34. The van der Waals surface area contributed by atoms with Gasteiger partial charge in [0.05, 0.1) is 17.8 Å². The molecule has 3 heterocycles. The Labute approximate surface area is 281 Å². The van der Waals surface area contributed by atoms with Crippen LogP contribution in [0, 0.1) is 5.92 Å². The Morgan fingerprint density at radius 3 is 2.18 bits per heavy atom. The van der Waals surface area contributed by atoms with Crippen LogP contribution in [0.15, 0.2) is 66.9 Å². The van der Waals surface area contributed by atoms with Crippen LogP contribution in [0.2, 0.25) is 0 Å². The number of para-hydroxylation sites is 1. The van der Waals surface area contributed by atoms with E-state index in [0.717, 1.165) is 12.0 Å². The molecule has 1 atom stereocenters. The molecule has 2 aliphatic heterocycles. The van der Waals surface area contributed by atoms with Crippen LogP contribution in [0.1, 0.15) is 61.3 Å². The second kappa shape index (κ2) is 14.7. The number of amides is 2. The summed E-state index contributed by atoms with van der Waals surface area (Å²) in [6.07, 6.45) is -5.70. The summed E-state index contributed by atoms with van der Waals surface area (Å²) in [5, 5.41) is 3.36. The Kier molecular flexibility index (Phi) is 10.8. The zero-order valence-corrected chi connectivity index (χ0v) is 27.2. The lowest BCUT2D eigenvalue weighted by molar-refractivity contribution is -0.143. The van der Waals surface area contributed by atoms with Crippen molar-refractivity contribution in [3.05, 3.63) is 89.1 Å². The van der Waals surface area contributed by atoms with Gasteiger partial charge in [-0.1, -0.05) is 31.5 Å². The number of nitrogens with zero attached hydrogens (tertiary/aromatic N) is 4. The number of nitrogens with two attached hydrogens (primary N) is 1. The predicted molar refractivity (Wildman–Crippen MR) is 173 cm³/mol. The number of hydrogen-bond donors (Lipinski definition) is 2. The molecular formula is C35H40F6N6O2. The van der Waals surface area contributed by atoms with Gasteiger partial charge in [-0.15, -0.1) is 0 Å². The van der Waals surface area contributed by atoms with Gasteiger partial charge in [-0.25, -0.2) is 4.98 Å². The molecule has 1 aromatic heterocycles. The number of benzene rings is 2. The van der Waals surface area contributed by atoms with Gasteiger partial charge < -0.3 is 25.8 Å². The van der Waals surface area contributed by atoms with E-state index in [1.165, 1.54) is 4.90 Å². The van der Waals surface area contributed by atoms with Crippen LogP contribution in [0.4, 0.5) is 37.8 Å². The third-order valence-corrected chi connectivity index (χ3v) is 9.34. The largest absolute Gasteiger partial charge is 0.416 e. The van der Waals surface area contributed by atoms with E-state index in [9.17, 15) is 35.9 Å². The lowest BCUT2D eigenvalue weighted by atomic mass is 9.84. The fourth-order valence-corrected chi connectivity index (χ4v) is 6.86. The number of halogens is 6. The fraction of sp³-hybridized carbons (Fsp3) is 0.457. The van der Waals surface area contributed by atoms with Gasteiger partial charge in [0.2, 0.25) is 11.8 Å². The molecule has 2 amide bonds. The molecule has 0 saturated carbocycles. The topological polar surface area (TPSA) is 94.8 Å². The molecule has 5 rings (SSSR count). The zero-order valence-electron chi connectivity index (χ0n) is 27.2. The molecule has 3 aromatic rings. The number of pyridine rings is 1. The first kappa shape index (κ1) is 36.0. The Balaban J connectivity index is 1.31. The Morgan fingerprint density at radius 1 is 0.939 bits per heavy atom. The van der Waals surface area contributed by atoms with Crippen molar-refractivity contribution in [2.45, 2.75) is 70.0 Å². The van der Waals surface area contributed by atoms with Crippen LogP contribution in [0.5, 0.6) is 0 Å². The zero-order chi connectivity index (χ0) is 35.4. The van der Waals surface area contributed by atoms with Gasteiger partial charge in [0.1, 0.15) is 11.4 Å². The Morgan fingerprint density at radius 2 is 1.59 bits per heavy atom. The third kappa shape index (κ3) is 8.28. The fourth-order valence-electron chi connectivity index (χ4n) is 6.86. The van der Waals surface area contributed by atoms with Crippen LogP contribution in [0.25, 0.3) is 0 Å². The summed E-state index contributed by atoms with van der Waals surface area (Å²) in [5.74, 6) is -0.176. The number of alkyl halides is 6. The van der Waals surface area contributed by atoms with Gasteiger partial charge in [-0.05, 0) is 85.8 Å². The van der Waals surface area contributed by atoms with Crippen LogP contribution < -0.4 is 16.0 Å². The van der Waals surface area contributed by atoms with E-state index < -0.39 is 35.6 Å². The van der Waals surface area contributed by atoms with Crippen LogP contribution in [-0.2, 0) is 35.0 Å². The number of rotatable bonds is 11. The number of anilines is 2. The highest BCUT2D eigenvalue weighted by molar-refractivity contribution is 5.94. The van der Waals surface area contributed by atoms with Crippen molar-refractivity contribution in [2.24, 2.45) is 5.92 Å². The molecule has 0 aliphatic carbocycles. The first-order valence-corrected chi connectivity index (χ1v) is 16.3. The summed E-state index contributed by atoms with van der Waals surface area (Å²) >= 11 is 0. The van der Waals surface area contributed by atoms with Gasteiger partial charge in [0.15, 0.2) is 0 Å². The van der Waals surface area contributed by atoms with Crippen molar-refractivity contribution < 1.29 is 35.9 Å². The summed E-state index contributed by atoms with van der Waals surface area (Å²) < 4.78 is 81.4. The van der Waals surface area contributed by atoms with Gasteiger partial charge in [0, 0.05) is 44.0 Å². The molecule has 2 aliphatic rings. The summed E-state index contributed by atoms with van der Waals surface area (Å²) in [4.78, 5) is 36.9. The average Bonchev–Trinajstić information content (AvgIpc) is 3.31. The number of likely N-dealkylation sites (tertiary alicyclic amines) is 1. The molecule has 264 valence electrons. The van der Waals surface area contributed by atoms with E-state index in [0.29, 0.717) is 49.6 Å². The van der Waals surface area contributed by atoms with Gasteiger partial charge >= 0.3 is 12.4 Å². The van der Waals surface area contributed by atoms with E-state index in [1.54, 1.807) is 29.3 Å². The number of aromatic nitrogens is 1. The molecular weight excluding hydrogens is 650 g/mol. The van der Waals surface area contributed by atoms with E-state index >= 15 is 0 Å². The minimum absolute atomic E-state index is 0.00358. The SMILES string of the molecule is CCCC(CCNCc1ccnc(N)c1)C(=O)N1CCC2(CC1)C(=O)N(Cc1cc(C(F)(F)F)cc(C(F)(F)F)c1)CN2c1ccccc1. The Bertz CT molecular complexity index is 1580. The molecule has 1 spiro atoms. The summed E-state index contributed by atoms with van der Waals surface area (Å²) in [7, 11) is 0. The maximum absolute atomic E-state index is 14.2. The molecule has 2 aromatic carbocycles. The van der Waals surface area contributed by atoms with Crippen molar-refractivity contribution >= 4 is 23.3 Å². The highest BCUT2D eigenvalue weighted by Gasteiger charge is 2.54. The van der Waals surface area contributed by atoms with Crippen molar-refractivity contribution in [3.8, 4) is 0 Å². The van der Waals surface area contributed by atoms with Crippen molar-refractivity contribution in [2.75, 3.05) is 36.9 Å². The average molecular weight is 691 g/mol. The lowest BCUT2D eigenvalue weighted by Crippen LogP contribution is -2.58. The maximum Gasteiger partial charge on any atom is 0.416 e. The van der Waals surface area contributed by atoms with Crippen LogP contribution >= 0.6 is 0 Å². The van der Waals surface area contributed by atoms with Gasteiger partial charge in [-0.3, -0.25) is 9.59 Å². The van der Waals surface area contributed by atoms with E-state index in [-0.39, 0.29) is 62.0 Å². The Hall–Kier alpha value is -4.33. The number of carbonyl (C=O) groups excluding carboxylic acids is 2. The standard InChI is InChI=1S/C35H40F6N6O2/c1-2-6-26(10-13-43-21-24-9-14-44-30(42)19-24)31(48)45-15-11-33(12-16-45)32(49)46(23-47(33)29-7-4-3-5-8-29)22-25-17-27(34(36,37)38)20-28(18-25)35(39,40)41/h3-5,7-9,14,17-20,26,43H,2,6,10-13,15-16,21-23H2,1H3,(H2,42,44). The lowest BCUT2D eigenvalue weighted by Gasteiger charge is -2.44. The first-order valence-electron chi connectivity index (χ1n) is 16.3. The molecule has 2 saturated heterocycles. The minimum atomic E-state index is -5.00. The summed E-state index contributed by atoms with van der Waals surface area (Å²) in [6, 6.07) is 14.1. The molecule has 0 radical (unpaired) electrons. The molecule has 8 nitrogen and oxygen atoms in total. The maximum atomic E-state index is 14.2. The number of piperidine rings is 1. The highest BCUT2D eigenvalue weighted by atomic mass is 19.4. The summed E-state index contributed by atoms with van der Waals surface area (Å²) in [5.41, 5.74) is 3.21. The van der Waals surface area contributed by atoms with E-state index in [2.05, 4.69) is 10.3 Å². The van der Waals surface area contributed by atoms with Gasteiger partial charge in [-0.2, -0.15) is 26.3 Å². The normalized spacial score (nSPS) is 17.2. The first-order chi connectivity index (χ1) is 23.2. The van der Waals surface area contributed by atoms with Gasteiger partial charge in [0.25, 0.3) is 0 Å².